The highest BCUT2D eigenvalue weighted by Gasteiger charge is 2.47. The molecular formula is C43H57NO10. The number of aliphatic hydroxyl groups is 2. The minimum absolute atomic E-state index is 0.0948. The molecule has 0 bridgehead atoms. The number of aliphatic carboxylic acids is 1. The SMILES string of the molecule is CC#CCOc1ccc(C[C@H](NC(=O)[C@@H](/C=C/CCCCCCC(=O)CCCCCCC)[C@@](O)(CCO)C(=O)O)C(=O)OCC(=O)c2ccccc2)cc1. The van der Waals surface area contributed by atoms with E-state index in [1.54, 1.807) is 67.6 Å². The molecule has 0 aliphatic rings. The normalized spacial score (nSPS) is 13.2. The lowest BCUT2D eigenvalue weighted by atomic mass is 9.83. The Morgan fingerprint density at radius 1 is 0.889 bits per heavy atom. The summed E-state index contributed by atoms with van der Waals surface area (Å²) in [5.41, 5.74) is -1.77. The lowest BCUT2D eigenvalue weighted by Crippen LogP contribution is -2.55. The zero-order valence-electron chi connectivity index (χ0n) is 31.7. The zero-order valence-corrected chi connectivity index (χ0v) is 31.7. The van der Waals surface area contributed by atoms with Crippen LogP contribution in [0.25, 0.3) is 0 Å². The van der Waals surface area contributed by atoms with E-state index in [-0.39, 0.29) is 18.8 Å². The molecule has 11 heteroatoms. The molecule has 0 aromatic heterocycles. The molecule has 2 aromatic rings. The Morgan fingerprint density at radius 2 is 1.54 bits per heavy atom. The van der Waals surface area contributed by atoms with E-state index in [1.807, 2.05) is 0 Å². The number of allylic oxidation sites excluding steroid dienone is 1. The molecule has 4 N–H and O–H groups in total. The van der Waals surface area contributed by atoms with Crippen molar-refractivity contribution in [1.82, 2.24) is 5.32 Å². The number of rotatable bonds is 28. The van der Waals surface area contributed by atoms with E-state index in [4.69, 9.17) is 9.47 Å². The zero-order chi connectivity index (χ0) is 39.6. The number of esters is 1. The van der Waals surface area contributed by atoms with E-state index in [2.05, 4.69) is 24.1 Å². The number of hydrogen-bond donors (Lipinski definition) is 4. The molecule has 2 rings (SSSR count). The summed E-state index contributed by atoms with van der Waals surface area (Å²) in [6, 6.07) is 13.6. The maximum Gasteiger partial charge on any atom is 0.336 e. The predicted molar refractivity (Wildman–Crippen MR) is 206 cm³/mol. The number of unbranched alkanes of at least 4 members (excludes halogenated alkanes) is 8. The Morgan fingerprint density at radius 3 is 2.15 bits per heavy atom. The fraction of sp³-hybridized carbons (Fsp3) is 0.512. The second-order valence-corrected chi connectivity index (χ2v) is 13.3. The highest BCUT2D eigenvalue weighted by atomic mass is 16.5. The molecule has 1 amide bonds. The van der Waals surface area contributed by atoms with Crippen LogP contribution in [-0.2, 0) is 30.3 Å². The first-order valence-corrected chi connectivity index (χ1v) is 19.0. The lowest BCUT2D eigenvalue weighted by Gasteiger charge is -2.30. The maximum absolute atomic E-state index is 13.8. The maximum atomic E-state index is 13.8. The van der Waals surface area contributed by atoms with E-state index in [9.17, 15) is 39.3 Å². The molecule has 294 valence electrons. The Labute approximate surface area is 319 Å². The van der Waals surface area contributed by atoms with Crippen molar-refractivity contribution >= 4 is 29.4 Å². The van der Waals surface area contributed by atoms with Crippen LogP contribution in [0.3, 0.4) is 0 Å². The molecule has 0 unspecified atom stereocenters. The summed E-state index contributed by atoms with van der Waals surface area (Å²) >= 11 is 0. The third kappa shape index (κ3) is 16.9. The average molecular weight is 748 g/mol. The Balaban J connectivity index is 2.14. The third-order valence-corrected chi connectivity index (χ3v) is 9.02. The quantitative estimate of drug-likeness (QED) is 0.0258. The van der Waals surface area contributed by atoms with Gasteiger partial charge in [0.2, 0.25) is 5.91 Å². The summed E-state index contributed by atoms with van der Waals surface area (Å²) < 4.78 is 10.9. The smallest absolute Gasteiger partial charge is 0.336 e. The summed E-state index contributed by atoms with van der Waals surface area (Å²) in [5.74, 6) is 0.561. The molecule has 0 saturated carbocycles. The largest absolute Gasteiger partial charge is 0.481 e. The number of ether oxygens (including phenoxy) is 2. The van der Waals surface area contributed by atoms with Crippen LogP contribution in [0, 0.1) is 17.8 Å². The molecule has 0 aliphatic heterocycles. The van der Waals surface area contributed by atoms with Gasteiger partial charge < -0.3 is 30.1 Å². The summed E-state index contributed by atoms with van der Waals surface area (Å²) in [6.45, 7) is 2.72. The molecule has 0 radical (unpaired) electrons. The number of amides is 1. The number of hydrogen-bond acceptors (Lipinski definition) is 9. The Bertz CT molecular complexity index is 1540. The van der Waals surface area contributed by atoms with Gasteiger partial charge in [-0.05, 0) is 50.3 Å². The number of nitrogens with one attached hydrogen (secondary N) is 1. The number of carbonyl (C=O) groups is 5. The van der Waals surface area contributed by atoms with Crippen LogP contribution in [0.2, 0.25) is 0 Å². The molecule has 11 nitrogen and oxygen atoms in total. The van der Waals surface area contributed by atoms with Crippen LogP contribution >= 0.6 is 0 Å². The van der Waals surface area contributed by atoms with Crippen molar-refractivity contribution in [3.8, 4) is 17.6 Å². The van der Waals surface area contributed by atoms with Crippen molar-refractivity contribution in [3.05, 3.63) is 77.9 Å². The van der Waals surface area contributed by atoms with Gasteiger partial charge in [-0.25, -0.2) is 9.59 Å². The van der Waals surface area contributed by atoms with Crippen molar-refractivity contribution in [1.29, 1.82) is 0 Å². The van der Waals surface area contributed by atoms with Gasteiger partial charge in [-0.1, -0.05) is 106 Å². The van der Waals surface area contributed by atoms with Gasteiger partial charge in [-0.3, -0.25) is 14.4 Å². The Hall–Kier alpha value is -4.79. The Kier molecular flexibility index (Phi) is 21.9. The molecule has 2 aromatic carbocycles. The van der Waals surface area contributed by atoms with Gasteiger partial charge in [-0.2, -0.15) is 0 Å². The van der Waals surface area contributed by atoms with Crippen LogP contribution in [0.15, 0.2) is 66.7 Å². The molecule has 0 heterocycles. The molecule has 54 heavy (non-hydrogen) atoms. The first-order chi connectivity index (χ1) is 26.0. The molecule has 0 spiro atoms. The summed E-state index contributed by atoms with van der Waals surface area (Å²) in [5, 5.41) is 33.4. The van der Waals surface area contributed by atoms with Gasteiger partial charge in [0.1, 0.15) is 24.2 Å². The van der Waals surface area contributed by atoms with Crippen LogP contribution in [0.1, 0.15) is 113 Å². The van der Waals surface area contributed by atoms with Gasteiger partial charge in [0.25, 0.3) is 0 Å². The highest BCUT2D eigenvalue weighted by Crippen LogP contribution is 2.26. The fourth-order valence-electron chi connectivity index (χ4n) is 5.80. The van der Waals surface area contributed by atoms with E-state index in [0.717, 1.165) is 38.5 Å². The number of carbonyl (C=O) groups excluding carboxylic acids is 4. The topological polar surface area (TPSA) is 177 Å². The van der Waals surface area contributed by atoms with Crippen molar-refractivity contribution in [2.45, 2.75) is 115 Å². The highest BCUT2D eigenvalue weighted by molar-refractivity contribution is 5.98. The van der Waals surface area contributed by atoms with E-state index in [1.165, 1.54) is 18.9 Å². The third-order valence-electron chi connectivity index (χ3n) is 9.02. The van der Waals surface area contributed by atoms with Crippen molar-refractivity contribution in [3.63, 3.8) is 0 Å². The number of carboxylic acid groups (broad SMARTS) is 1. The standard InChI is InChI=1S/C43H57NO10/c1-3-5-7-10-16-21-35(46)22-17-11-8-9-12-18-23-37(43(52,28-29-45)42(50)51)40(48)44-38(31-33-24-26-36(27-25-33)53-30-6-4-2)41(49)54-32-39(47)34-19-14-13-15-20-34/h13-15,18-20,23-27,37-38,45,52H,3,5,7-12,16-17,21-22,28-32H2,1-2H3,(H,44,48)(H,50,51)/b23-18+/t37-,38+,43+/m1/s1. The first-order valence-electron chi connectivity index (χ1n) is 19.0. The van der Waals surface area contributed by atoms with Crippen LogP contribution in [0.4, 0.5) is 0 Å². The summed E-state index contributed by atoms with van der Waals surface area (Å²) in [6.07, 6.45) is 12.5. The van der Waals surface area contributed by atoms with E-state index >= 15 is 0 Å². The molecule has 0 fully saturated rings. The number of benzene rings is 2. The first kappa shape index (κ1) is 45.4. The summed E-state index contributed by atoms with van der Waals surface area (Å²) in [4.78, 5) is 64.4. The summed E-state index contributed by atoms with van der Waals surface area (Å²) in [7, 11) is 0. The van der Waals surface area contributed by atoms with Gasteiger partial charge in [0.05, 0.1) is 5.92 Å². The lowest BCUT2D eigenvalue weighted by molar-refractivity contribution is -0.168. The molecule has 0 aliphatic carbocycles. The number of carboxylic acids is 1. The van der Waals surface area contributed by atoms with Crippen LogP contribution in [-0.4, -0.2) is 76.2 Å². The van der Waals surface area contributed by atoms with Crippen LogP contribution < -0.4 is 10.1 Å². The van der Waals surface area contributed by atoms with Crippen molar-refractivity contribution in [2.75, 3.05) is 19.8 Å². The van der Waals surface area contributed by atoms with Gasteiger partial charge in [0.15, 0.2) is 18.0 Å². The van der Waals surface area contributed by atoms with Gasteiger partial charge in [-0.15, -0.1) is 5.92 Å². The fourth-order valence-corrected chi connectivity index (χ4v) is 5.80. The van der Waals surface area contributed by atoms with Crippen molar-refractivity contribution in [2.24, 2.45) is 5.92 Å². The number of Topliss-reactive ketones (excluding diaryl/α,β-unsaturated/α-hetero) is 2. The predicted octanol–water partition coefficient (Wildman–Crippen LogP) is 6.18. The van der Waals surface area contributed by atoms with Gasteiger partial charge >= 0.3 is 11.9 Å². The van der Waals surface area contributed by atoms with E-state index in [0.29, 0.717) is 42.6 Å². The van der Waals surface area contributed by atoms with Crippen LogP contribution in [0.5, 0.6) is 5.75 Å². The number of aliphatic hydroxyl groups excluding tert-OH is 1. The second kappa shape index (κ2) is 26.1. The van der Waals surface area contributed by atoms with Crippen molar-refractivity contribution < 1.29 is 48.8 Å². The monoisotopic (exact) mass is 747 g/mol. The average Bonchev–Trinajstić information content (AvgIpc) is 3.16. The number of ketones is 2. The minimum atomic E-state index is -2.69. The molecular weight excluding hydrogens is 690 g/mol. The minimum Gasteiger partial charge on any atom is -0.481 e. The van der Waals surface area contributed by atoms with E-state index < -0.39 is 60.8 Å². The molecule has 0 saturated heterocycles. The second-order valence-electron chi connectivity index (χ2n) is 13.3. The molecule has 3 atom stereocenters. The van der Waals surface area contributed by atoms with Gasteiger partial charge in [0, 0.05) is 37.9 Å².